The zero-order chi connectivity index (χ0) is 16.8. The number of hydrogen-bond acceptors (Lipinski definition) is 6. The van der Waals surface area contributed by atoms with Gasteiger partial charge in [0.2, 0.25) is 5.16 Å². The molecule has 0 aliphatic heterocycles. The molecule has 0 saturated carbocycles. The first-order valence-corrected chi connectivity index (χ1v) is 8.47. The van der Waals surface area contributed by atoms with Crippen LogP contribution in [-0.4, -0.2) is 35.4 Å². The fourth-order valence-corrected chi connectivity index (χ4v) is 2.73. The van der Waals surface area contributed by atoms with E-state index in [2.05, 4.69) is 37.6 Å². The molecule has 3 aromatic rings. The predicted molar refractivity (Wildman–Crippen MR) is 89.4 cm³/mol. The standard InChI is InChI=1S/C15H16FN7S/c1-2-9-23-14(19-21-22-23)10-24-15-17-13(18-20-15)8-5-11-3-6-12(16)7-4-11/h3-8H,2,9-10H2,1H3,(H,17,18,20)/b8-5+. The van der Waals surface area contributed by atoms with Gasteiger partial charge in [0, 0.05) is 6.54 Å². The van der Waals surface area contributed by atoms with Crippen molar-refractivity contribution in [2.45, 2.75) is 30.8 Å². The summed E-state index contributed by atoms with van der Waals surface area (Å²) in [6, 6.07) is 6.24. The van der Waals surface area contributed by atoms with E-state index in [0.29, 0.717) is 16.7 Å². The van der Waals surface area contributed by atoms with Crippen molar-refractivity contribution >= 4 is 23.9 Å². The molecule has 0 aliphatic carbocycles. The Balaban J connectivity index is 1.59. The van der Waals surface area contributed by atoms with Gasteiger partial charge in [-0.15, -0.1) is 10.2 Å². The number of nitrogens with one attached hydrogen (secondary N) is 1. The lowest BCUT2D eigenvalue weighted by atomic mass is 10.2. The predicted octanol–water partition coefficient (Wildman–Crippen LogP) is 2.80. The zero-order valence-corrected chi connectivity index (χ0v) is 13.9. The van der Waals surface area contributed by atoms with Crippen LogP contribution >= 0.6 is 11.8 Å². The Morgan fingerprint density at radius 1 is 1.25 bits per heavy atom. The first-order valence-electron chi connectivity index (χ1n) is 7.48. The molecule has 0 radical (unpaired) electrons. The smallest absolute Gasteiger partial charge is 0.209 e. The molecule has 9 heteroatoms. The van der Waals surface area contributed by atoms with Crippen LogP contribution in [0.3, 0.4) is 0 Å². The molecule has 0 saturated heterocycles. The Hall–Kier alpha value is -2.55. The normalized spacial score (nSPS) is 11.4. The number of aromatic nitrogens is 7. The molecule has 1 N–H and O–H groups in total. The zero-order valence-electron chi connectivity index (χ0n) is 13.1. The van der Waals surface area contributed by atoms with E-state index in [1.807, 2.05) is 6.08 Å². The van der Waals surface area contributed by atoms with Crippen molar-refractivity contribution in [2.24, 2.45) is 0 Å². The van der Waals surface area contributed by atoms with Crippen molar-refractivity contribution < 1.29 is 4.39 Å². The highest BCUT2D eigenvalue weighted by Gasteiger charge is 2.08. The van der Waals surface area contributed by atoms with Gasteiger partial charge in [-0.2, -0.15) is 0 Å². The van der Waals surface area contributed by atoms with Gasteiger partial charge in [-0.25, -0.2) is 14.1 Å². The summed E-state index contributed by atoms with van der Waals surface area (Å²) in [5, 5.41) is 19.3. The minimum Gasteiger partial charge on any atom is -0.259 e. The Labute approximate surface area is 142 Å². The third kappa shape index (κ3) is 4.25. The first-order chi connectivity index (χ1) is 11.7. The van der Waals surface area contributed by atoms with Crippen LogP contribution in [0.15, 0.2) is 29.4 Å². The van der Waals surface area contributed by atoms with Crippen LogP contribution < -0.4 is 0 Å². The average molecular weight is 345 g/mol. The van der Waals surface area contributed by atoms with Gasteiger partial charge in [0.25, 0.3) is 0 Å². The Kier molecular flexibility index (Phi) is 5.32. The van der Waals surface area contributed by atoms with E-state index in [0.717, 1.165) is 24.4 Å². The molecule has 0 atom stereocenters. The number of halogens is 1. The van der Waals surface area contributed by atoms with Crippen molar-refractivity contribution in [3.63, 3.8) is 0 Å². The summed E-state index contributed by atoms with van der Waals surface area (Å²) in [7, 11) is 0. The summed E-state index contributed by atoms with van der Waals surface area (Å²) in [5.74, 6) is 1.78. The lowest BCUT2D eigenvalue weighted by Gasteiger charge is -2.00. The third-order valence-corrected chi connectivity index (χ3v) is 4.00. The largest absolute Gasteiger partial charge is 0.259 e. The van der Waals surface area contributed by atoms with Gasteiger partial charge in [-0.1, -0.05) is 36.9 Å². The van der Waals surface area contributed by atoms with Gasteiger partial charge in [-0.3, -0.25) is 5.10 Å². The molecular weight excluding hydrogens is 329 g/mol. The van der Waals surface area contributed by atoms with E-state index in [9.17, 15) is 4.39 Å². The number of hydrogen-bond donors (Lipinski definition) is 1. The Morgan fingerprint density at radius 2 is 2.08 bits per heavy atom. The molecular formula is C15H16FN7S. The lowest BCUT2D eigenvalue weighted by molar-refractivity contribution is 0.564. The summed E-state index contributed by atoms with van der Waals surface area (Å²) >= 11 is 1.46. The van der Waals surface area contributed by atoms with Crippen molar-refractivity contribution in [2.75, 3.05) is 0 Å². The number of benzene rings is 1. The summed E-state index contributed by atoms with van der Waals surface area (Å²) < 4.78 is 14.6. The van der Waals surface area contributed by atoms with Crippen LogP contribution in [0.1, 0.15) is 30.6 Å². The number of H-pyrrole nitrogens is 1. The van der Waals surface area contributed by atoms with Crippen LogP contribution in [0.4, 0.5) is 4.39 Å². The van der Waals surface area contributed by atoms with Gasteiger partial charge in [-0.05, 0) is 40.6 Å². The lowest BCUT2D eigenvalue weighted by Crippen LogP contribution is -2.04. The van der Waals surface area contributed by atoms with E-state index in [4.69, 9.17) is 0 Å². The Bertz CT molecular complexity index is 809. The molecule has 0 bridgehead atoms. The summed E-state index contributed by atoms with van der Waals surface area (Å²) in [6.45, 7) is 2.87. The maximum Gasteiger partial charge on any atom is 0.209 e. The van der Waals surface area contributed by atoms with Gasteiger partial charge in [0.1, 0.15) is 11.6 Å². The average Bonchev–Trinajstić information content (AvgIpc) is 3.22. The molecule has 0 fully saturated rings. The molecule has 0 amide bonds. The van der Waals surface area contributed by atoms with Crippen LogP contribution in [0.2, 0.25) is 0 Å². The number of tetrazole rings is 1. The summed E-state index contributed by atoms with van der Waals surface area (Å²) in [5.41, 5.74) is 0.890. The molecule has 3 rings (SSSR count). The number of aromatic amines is 1. The van der Waals surface area contributed by atoms with Crippen molar-refractivity contribution in [3.05, 3.63) is 47.3 Å². The summed E-state index contributed by atoms with van der Waals surface area (Å²) in [6.07, 6.45) is 4.61. The SMILES string of the molecule is CCCn1nnnc1CSc1n[nH]c(/C=C/c2ccc(F)cc2)n1. The molecule has 124 valence electrons. The first kappa shape index (κ1) is 16.3. The monoisotopic (exact) mass is 345 g/mol. The molecule has 24 heavy (non-hydrogen) atoms. The topological polar surface area (TPSA) is 85.2 Å². The maximum atomic E-state index is 12.9. The molecule has 1 aromatic carbocycles. The quantitative estimate of drug-likeness (QED) is 0.663. The number of thioether (sulfide) groups is 1. The minimum absolute atomic E-state index is 0.254. The molecule has 0 spiro atoms. The second-order valence-corrected chi connectivity index (χ2v) is 5.94. The fourth-order valence-electron chi connectivity index (χ4n) is 1.99. The van der Waals surface area contributed by atoms with Crippen LogP contribution in [0.5, 0.6) is 0 Å². The molecule has 2 aromatic heterocycles. The van der Waals surface area contributed by atoms with Gasteiger partial charge < -0.3 is 0 Å². The second-order valence-electron chi connectivity index (χ2n) is 5.00. The van der Waals surface area contributed by atoms with Crippen LogP contribution in [-0.2, 0) is 12.3 Å². The van der Waals surface area contributed by atoms with E-state index < -0.39 is 0 Å². The van der Waals surface area contributed by atoms with E-state index in [-0.39, 0.29) is 5.82 Å². The van der Waals surface area contributed by atoms with Crippen molar-refractivity contribution in [1.82, 2.24) is 35.4 Å². The molecule has 2 heterocycles. The summed E-state index contributed by atoms with van der Waals surface area (Å²) in [4.78, 5) is 4.38. The second kappa shape index (κ2) is 7.82. The number of nitrogens with zero attached hydrogens (tertiary/aromatic N) is 6. The molecule has 0 unspecified atom stereocenters. The van der Waals surface area contributed by atoms with Crippen LogP contribution in [0, 0.1) is 5.82 Å². The van der Waals surface area contributed by atoms with E-state index in [1.165, 1.54) is 23.9 Å². The van der Waals surface area contributed by atoms with Gasteiger partial charge in [0.15, 0.2) is 5.82 Å². The highest BCUT2D eigenvalue weighted by atomic mass is 32.2. The molecule has 7 nitrogen and oxygen atoms in total. The molecule has 0 aliphatic rings. The van der Waals surface area contributed by atoms with E-state index >= 15 is 0 Å². The fraction of sp³-hybridized carbons (Fsp3) is 0.267. The van der Waals surface area contributed by atoms with Crippen LogP contribution in [0.25, 0.3) is 12.2 Å². The van der Waals surface area contributed by atoms with Crippen molar-refractivity contribution in [3.8, 4) is 0 Å². The van der Waals surface area contributed by atoms with E-state index in [1.54, 1.807) is 22.9 Å². The highest BCUT2D eigenvalue weighted by molar-refractivity contribution is 7.98. The highest BCUT2D eigenvalue weighted by Crippen LogP contribution is 2.18. The number of rotatable bonds is 7. The van der Waals surface area contributed by atoms with Crippen molar-refractivity contribution in [1.29, 1.82) is 0 Å². The Morgan fingerprint density at radius 3 is 2.88 bits per heavy atom. The number of aryl methyl sites for hydroxylation is 1. The minimum atomic E-state index is -0.254. The van der Waals surface area contributed by atoms with Gasteiger partial charge >= 0.3 is 0 Å². The maximum absolute atomic E-state index is 12.9. The third-order valence-electron chi connectivity index (χ3n) is 3.16. The van der Waals surface area contributed by atoms with Gasteiger partial charge in [0.05, 0.1) is 5.75 Å².